The molecule has 3 aromatic rings. The summed E-state index contributed by atoms with van der Waals surface area (Å²) in [6.07, 6.45) is 5.68. The number of hydrogen-bond acceptors (Lipinski definition) is 4. The number of imidazole rings is 1. The highest BCUT2D eigenvalue weighted by molar-refractivity contribution is 6.03. The Kier molecular flexibility index (Phi) is 4.13. The number of aromatic nitrogens is 2. The first-order valence-corrected chi connectivity index (χ1v) is 9.20. The van der Waals surface area contributed by atoms with Crippen LogP contribution in [0.2, 0.25) is 0 Å². The summed E-state index contributed by atoms with van der Waals surface area (Å²) < 4.78 is 7.76. The third-order valence-electron chi connectivity index (χ3n) is 5.06. The molecule has 6 heteroatoms. The number of carbonyl (C=O) groups is 2. The van der Waals surface area contributed by atoms with Gasteiger partial charge in [0, 0.05) is 43.8 Å². The van der Waals surface area contributed by atoms with E-state index in [2.05, 4.69) is 10.3 Å². The van der Waals surface area contributed by atoms with E-state index in [0.29, 0.717) is 42.7 Å². The van der Waals surface area contributed by atoms with Crippen molar-refractivity contribution in [3.05, 3.63) is 58.9 Å². The number of amides is 1. The summed E-state index contributed by atoms with van der Waals surface area (Å²) in [6, 6.07) is 5.83. The van der Waals surface area contributed by atoms with E-state index in [1.54, 1.807) is 6.92 Å². The van der Waals surface area contributed by atoms with Crippen LogP contribution in [-0.2, 0) is 12.8 Å². The van der Waals surface area contributed by atoms with Crippen LogP contribution >= 0.6 is 0 Å². The van der Waals surface area contributed by atoms with Crippen molar-refractivity contribution in [1.82, 2.24) is 14.7 Å². The van der Waals surface area contributed by atoms with Gasteiger partial charge in [-0.1, -0.05) is 19.9 Å². The minimum absolute atomic E-state index is 0.0613. The maximum Gasteiger partial charge on any atom is 0.287 e. The van der Waals surface area contributed by atoms with Gasteiger partial charge in [-0.25, -0.2) is 4.98 Å². The summed E-state index contributed by atoms with van der Waals surface area (Å²) in [7, 11) is 0. The molecule has 1 aliphatic rings. The van der Waals surface area contributed by atoms with Gasteiger partial charge in [0.05, 0.1) is 11.3 Å². The summed E-state index contributed by atoms with van der Waals surface area (Å²) in [5.74, 6) is 0.669. The highest BCUT2D eigenvalue weighted by Crippen LogP contribution is 2.38. The Morgan fingerprint density at radius 1 is 1.33 bits per heavy atom. The van der Waals surface area contributed by atoms with Crippen molar-refractivity contribution in [1.29, 1.82) is 0 Å². The lowest BCUT2D eigenvalue weighted by molar-refractivity contribution is 0.0889. The normalized spacial score (nSPS) is 15.7. The van der Waals surface area contributed by atoms with Gasteiger partial charge in [0.15, 0.2) is 11.5 Å². The zero-order valence-corrected chi connectivity index (χ0v) is 15.8. The third kappa shape index (κ3) is 3.27. The minimum atomic E-state index is -0.281. The molecule has 0 saturated carbocycles. The maximum absolute atomic E-state index is 12.6. The van der Waals surface area contributed by atoms with Crippen LogP contribution in [0.1, 0.15) is 58.2 Å². The SMILES string of the molecule is Cc1c(C(=O)NCCc2cn3ccccc3n2)oc2c1C(=O)CC(C)(C)C2. The molecular weight excluding hydrogens is 342 g/mol. The standard InChI is InChI=1S/C21H23N3O3/c1-13-18-15(25)10-21(2,3)11-16(18)27-19(13)20(26)22-8-7-14-12-24-9-5-4-6-17(24)23-14/h4-6,9,12H,7-8,10-11H2,1-3H3,(H,22,26). The molecule has 0 atom stereocenters. The molecule has 0 radical (unpaired) electrons. The molecule has 0 saturated heterocycles. The monoisotopic (exact) mass is 365 g/mol. The number of ketones is 1. The van der Waals surface area contributed by atoms with Gasteiger partial charge in [0.2, 0.25) is 0 Å². The lowest BCUT2D eigenvalue weighted by Crippen LogP contribution is -2.26. The van der Waals surface area contributed by atoms with E-state index in [4.69, 9.17) is 4.42 Å². The number of furan rings is 1. The second-order valence-electron chi connectivity index (χ2n) is 8.00. The predicted molar refractivity (Wildman–Crippen MR) is 101 cm³/mol. The number of carbonyl (C=O) groups excluding carboxylic acids is 2. The van der Waals surface area contributed by atoms with E-state index >= 15 is 0 Å². The van der Waals surface area contributed by atoms with Gasteiger partial charge >= 0.3 is 0 Å². The topological polar surface area (TPSA) is 76.6 Å². The smallest absolute Gasteiger partial charge is 0.287 e. The number of nitrogens with one attached hydrogen (secondary N) is 1. The highest BCUT2D eigenvalue weighted by Gasteiger charge is 2.36. The number of fused-ring (bicyclic) bond motifs is 2. The van der Waals surface area contributed by atoms with Crippen molar-refractivity contribution in [2.45, 2.75) is 40.0 Å². The van der Waals surface area contributed by atoms with E-state index in [1.807, 2.05) is 48.8 Å². The Labute approximate surface area is 157 Å². The van der Waals surface area contributed by atoms with Gasteiger partial charge < -0.3 is 14.1 Å². The molecule has 6 nitrogen and oxygen atoms in total. The van der Waals surface area contributed by atoms with Crippen molar-refractivity contribution in [2.75, 3.05) is 6.54 Å². The molecule has 0 aliphatic heterocycles. The molecule has 0 bridgehead atoms. The van der Waals surface area contributed by atoms with E-state index in [0.717, 1.165) is 11.3 Å². The molecule has 3 heterocycles. The molecule has 0 unspecified atom stereocenters. The van der Waals surface area contributed by atoms with Crippen molar-refractivity contribution < 1.29 is 14.0 Å². The van der Waals surface area contributed by atoms with Crippen LogP contribution in [0.3, 0.4) is 0 Å². The van der Waals surface area contributed by atoms with E-state index in [9.17, 15) is 9.59 Å². The largest absolute Gasteiger partial charge is 0.455 e. The fourth-order valence-corrected chi connectivity index (χ4v) is 3.79. The number of rotatable bonds is 4. The summed E-state index contributed by atoms with van der Waals surface area (Å²) in [4.78, 5) is 29.5. The van der Waals surface area contributed by atoms with E-state index in [1.165, 1.54) is 0 Å². The Morgan fingerprint density at radius 2 is 2.15 bits per heavy atom. The van der Waals surface area contributed by atoms with Crippen molar-refractivity contribution >= 4 is 17.3 Å². The van der Waals surface area contributed by atoms with Crippen LogP contribution in [-0.4, -0.2) is 27.6 Å². The first-order chi connectivity index (χ1) is 12.8. The van der Waals surface area contributed by atoms with Crippen LogP contribution in [0.5, 0.6) is 0 Å². The Morgan fingerprint density at radius 3 is 2.93 bits per heavy atom. The molecule has 4 rings (SSSR count). The average Bonchev–Trinajstić information content (AvgIpc) is 3.14. The zero-order valence-electron chi connectivity index (χ0n) is 15.8. The molecule has 0 spiro atoms. The summed E-state index contributed by atoms with van der Waals surface area (Å²) in [5.41, 5.74) is 2.91. The second kappa shape index (κ2) is 6.37. The Balaban J connectivity index is 1.45. The number of pyridine rings is 1. The van der Waals surface area contributed by atoms with Gasteiger partial charge in [-0.3, -0.25) is 9.59 Å². The first kappa shape index (κ1) is 17.5. The molecule has 140 valence electrons. The molecule has 1 aliphatic carbocycles. The molecule has 0 fully saturated rings. The Bertz CT molecular complexity index is 1010. The number of nitrogens with zero attached hydrogens (tertiary/aromatic N) is 2. The third-order valence-corrected chi connectivity index (χ3v) is 5.06. The molecule has 27 heavy (non-hydrogen) atoms. The second-order valence-corrected chi connectivity index (χ2v) is 8.00. The van der Waals surface area contributed by atoms with E-state index < -0.39 is 0 Å². The number of hydrogen-bond donors (Lipinski definition) is 1. The molecule has 1 N–H and O–H groups in total. The molecule has 3 aromatic heterocycles. The summed E-state index contributed by atoms with van der Waals surface area (Å²) >= 11 is 0. The van der Waals surface area contributed by atoms with Crippen LogP contribution in [0.15, 0.2) is 35.0 Å². The summed E-state index contributed by atoms with van der Waals surface area (Å²) in [5, 5.41) is 2.88. The minimum Gasteiger partial charge on any atom is -0.455 e. The average molecular weight is 365 g/mol. The van der Waals surface area contributed by atoms with Crippen molar-refractivity contribution in [2.24, 2.45) is 5.41 Å². The van der Waals surface area contributed by atoms with Gasteiger partial charge in [-0.15, -0.1) is 0 Å². The molecular formula is C21H23N3O3. The maximum atomic E-state index is 12.6. The predicted octanol–water partition coefficient (Wildman–Crippen LogP) is 3.36. The zero-order chi connectivity index (χ0) is 19.2. The summed E-state index contributed by atoms with van der Waals surface area (Å²) in [6.45, 7) is 6.32. The Hall–Kier alpha value is -2.89. The van der Waals surface area contributed by atoms with Crippen molar-refractivity contribution in [3.8, 4) is 0 Å². The van der Waals surface area contributed by atoms with Crippen LogP contribution in [0.25, 0.3) is 5.65 Å². The number of Topliss-reactive ketones (excluding diaryl/α,β-unsaturated/α-hetero) is 1. The first-order valence-electron chi connectivity index (χ1n) is 9.20. The fourth-order valence-electron chi connectivity index (χ4n) is 3.79. The highest BCUT2D eigenvalue weighted by atomic mass is 16.4. The van der Waals surface area contributed by atoms with Gasteiger partial charge in [-0.2, -0.15) is 0 Å². The van der Waals surface area contributed by atoms with Gasteiger partial charge in [0.25, 0.3) is 5.91 Å². The fraction of sp³-hybridized carbons (Fsp3) is 0.381. The van der Waals surface area contributed by atoms with Gasteiger partial charge in [0.1, 0.15) is 11.4 Å². The lowest BCUT2D eigenvalue weighted by Gasteiger charge is -2.27. The molecule has 0 aromatic carbocycles. The van der Waals surface area contributed by atoms with Crippen molar-refractivity contribution in [3.63, 3.8) is 0 Å². The van der Waals surface area contributed by atoms with Gasteiger partial charge in [-0.05, 0) is 24.5 Å². The van der Waals surface area contributed by atoms with Crippen LogP contribution in [0.4, 0.5) is 0 Å². The van der Waals surface area contributed by atoms with Crippen LogP contribution < -0.4 is 5.32 Å². The quantitative estimate of drug-likeness (QED) is 0.769. The van der Waals surface area contributed by atoms with E-state index in [-0.39, 0.29) is 22.9 Å². The molecule has 1 amide bonds. The van der Waals surface area contributed by atoms with Crippen LogP contribution in [0, 0.1) is 12.3 Å². The lowest BCUT2D eigenvalue weighted by atomic mass is 9.76.